The largest absolute Gasteiger partial charge is 0.508 e. The zero-order chi connectivity index (χ0) is 32.5. The van der Waals surface area contributed by atoms with E-state index in [4.69, 9.17) is 5.73 Å². The highest BCUT2D eigenvalue weighted by molar-refractivity contribution is 5.76. The second-order valence-corrected chi connectivity index (χ2v) is 10.8. The molecule has 232 valence electrons. The van der Waals surface area contributed by atoms with Gasteiger partial charge in [0.1, 0.15) is 22.9 Å². The van der Waals surface area contributed by atoms with E-state index < -0.39 is 17.2 Å². The molecule has 46 heavy (non-hydrogen) atoms. The lowest BCUT2D eigenvalue weighted by Gasteiger charge is -2.38. The van der Waals surface area contributed by atoms with Gasteiger partial charge in [0.15, 0.2) is 0 Å². The summed E-state index contributed by atoms with van der Waals surface area (Å²) in [4.78, 5) is 0. The summed E-state index contributed by atoms with van der Waals surface area (Å²) in [6, 6.07) is 45.5. The van der Waals surface area contributed by atoms with Crippen LogP contribution in [0.25, 0.3) is 11.1 Å². The first-order valence-electron chi connectivity index (χ1n) is 15.5. The van der Waals surface area contributed by atoms with Gasteiger partial charge in [-0.1, -0.05) is 123 Å². The Hall–Kier alpha value is -5.26. The van der Waals surface area contributed by atoms with E-state index in [1.165, 1.54) is 12.1 Å². The fourth-order valence-corrected chi connectivity index (χ4v) is 5.95. The van der Waals surface area contributed by atoms with Crippen LogP contribution < -0.4 is 11.1 Å². The fourth-order valence-electron chi connectivity index (χ4n) is 5.95. The Morgan fingerprint density at radius 3 is 1.54 bits per heavy atom. The number of hydrogen-bond donors (Lipinski definition) is 3. The standard InChI is InChI=1S/C39H32F2N2O.C2H6/c40-34-21-27(22-35(41)24-34)20-29-23-30(26-42)38(25-37(29)28-16-18-36(44)19-17-28)43-39(31-10-4-1-5-11-31,32-12-6-2-7-13-32)33-14-8-3-9-15-33;1-2/h1-19,21-25,43-44H,20,26,42H2;1-2H3. The van der Waals surface area contributed by atoms with E-state index in [0.29, 0.717) is 12.0 Å². The van der Waals surface area contributed by atoms with E-state index in [0.717, 1.165) is 50.7 Å². The summed E-state index contributed by atoms with van der Waals surface area (Å²) in [7, 11) is 0. The number of nitrogens with one attached hydrogen (secondary N) is 1. The lowest BCUT2D eigenvalue weighted by molar-refractivity contribution is 0.475. The maximum atomic E-state index is 14.2. The lowest BCUT2D eigenvalue weighted by Crippen LogP contribution is -2.38. The second-order valence-electron chi connectivity index (χ2n) is 10.8. The quantitative estimate of drug-likeness (QED) is 0.143. The van der Waals surface area contributed by atoms with Gasteiger partial charge in [-0.15, -0.1) is 0 Å². The molecular formula is C41H38F2N2O. The minimum absolute atomic E-state index is 0.149. The first-order chi connectivity index (χ1) is 22.5. The second kappa shape index (κ2) is 14.7. The van der Waals surface area contributed by atoms with Gasteiger partial charge in [0.2, 0.25) is 0 Å². The molecule has 0 amide bonds. The minimum atomic E-state index is -0.785. The van der Waals surface area contributed by atoms with Crippen molar-refractivity contribution in [3.05, 3.63) is 191 Å². The van der Waals surface area contributed by atoms with Gasteiger partial charge < -0.3 is 16.2 Å². The Bertz CT molecular complexity index is 1740. The Kier molecular flexibility index (Phi) is 10.3. The number of rotatable bonds is 9. The van der Waals surface area contributed by atoms with Gasteiger partial charge in [-0.05, 0) is 81.3 Å². The van der Waals surface area contributed by atoms with Crippen molar-refractivity contribution < 1.29 is 13.9 Å². The van der Waals surface area contributed by atoms with Crippen molar-refractivity contribution in [3.63, 3.8) is 0 Å². The van der Waals surface area contributed by atoms with Crippen LogP contribution in [0.5, 0.6) is 5.75 Å². The molecule has 0 saturated carbocycles. The molecule has 0 spiro atoms. The summed E-state index contributed by atoms with van der Waals surface area (Å²) in [5.41, 5.74) is 13.5. The molecule has 0 fully saturated rings. The topological polar surface area (TPSA) is 58.3 Å². The smallest absolute Gasteiger partial charge is 0.126 e. The molecule has 0 unspecified atom stereocenters. The number of halogens is 2. The number of anilines is 1. The molecule has 0 aliphatic carbocycles. The third-order valence-electron chi connectivity index (χ3n) is 7.99. The van der Waals surface area contributed by atoms with E-state index >= 15 is 0 Å². The predicted octanol–water partition coefficient (Wildman–Crippen LogP) is 9.82. The van der Waals surface area contributed by atoms with E-state index in [2.05, 4.69) is 47.8 Å². The number of benzene rings is 6. The molecule has 0 aliphatic heterocycles. The molecule has 6 rings (SSSR count). The number of phenols is 1. The van der Waals surface area contributed by atoms with Crippen LogP contribution in [0.15, 0.2) is 146 Å². The van der Waals surface area contributed by atoms with Gasteiger partial charge in [-0.3, -0.25) is 0 Å². The zero-order valence-electron chi connectivity index (χ0n) is 26.1. The van der Waals surface area contributed by atoms with Crippen LogP contribution in [0, 0.1) is 11.6 Å². The number of hydrogen-bond acceptors (Lipinski definition) is 3. The Balaban J connectivity index is 0.00000204. The predicted molar refractivity (Wildman–Crippen MR) is 185 cm³/mol. The molecule has 0 atom stereocenters. The van der Waals surface area contributed by atoms with Crippen molar-refractivity contribution >= 4 is 5.69 Å². The molecule has 6 aromatic rings. The summed E-state index contributed by atoms with van der Waals surface area (Å²) < 4.78 is 28.4. The SMILES string of the molecule is CC.NCc1cc(Cc2cc(F)cc(F)c2)c(-c2ccc(O)cc2)cc1NC(c1ccccc1)(c1ccccc1)c1ccccc1. The fraction of sp³-hybridized carbons (Fsp3) is 0.122. The Morgan fingerprint density at radius 1 is 0.609 bits per heavy atom. The van der Waals surface area contributed by atoms with Crippen LogP contribution in [0.4, 0.5) is 14.5 Å². The minimum Gasteiger partial charge on any atom is -0.508 e. The van der Waals surface area contributed by atoms with Gasteiger partial charge in [0.05, 0.1) is 0 Å². The number of nitrogens with two attached hydrogens (primary N) is 1. The highest BCUT2D eigenvalue weighted by Gasteiger charge is 2.37. The average molecular weight is 613 g/mol. The molecule has 0 aromatic heterocycles. The molecule has 4 N–H and O–H groups in total. The molecule has 5 heteroatoms. The summed E-state index contributed by atoms with van der Waals surface area (Å²) >= 11 is 0. The van der Waals surface area contributed by atoms with Gasteiger partial charge in [-0.25, -0.2) is 8.78 Å². The van der Waals surface area contributed by atoms with E-state index in [1.807, 2.05) is 86.6 Å². The number of phenolic OH excluding ortho intramolecular Hbond substituents is 1. The lowest BCUT2D eigenvalue weighted by atomic mass is 9.76. The zero-order valence-corrected chi connectivity index (χ0v) is 26.1. The molecule has 0 saturated heterocycles. The van der Waals surface area contributed by atoms with Crippen molar-refractivity contribution in [1.82, 2.24) is 0 Å². The summed E-state index contributed by atoms with van der Waals surface area (Å²) in [6.07, 6.45) is 0.291. The normalized spacial score (nSPS) is 11.0. The average Bonchev–Trinajstić information content (AvgIpc) is 3.09. The molecule has 3 nitrogen and oxygen atoms in total. The molecule has 0 heterocycles. The molecule has 0 bridgehead atoms. The van der Waals surface area contributed by atoms with Crippen LogP contribution in [0.2, 0.25) is 0 Å². The van der Waals surface area contributed by atoms with Crippen LogP contribution >= 0.6 is 0 Å². The highest BCUT2D eigenvalue weighted by Crippen LogP contribution is 2.42. The van der Waals surface area contributed by atoms with Crippen LogP contribution in [0.3, 0.4) is 0 Å². The van der Waals surface area contributed by atoms with Gasteiger partial charge in [0, 0.05) is 18.3 Å². The monoisotopic (exact) mass is 612 g/mol. The number of aromatic hydroxyl groups is 1. The molecule has 0 radical (unpaired) electrons. The summed E-state index contributed by atoms with van der Waals surface area (Å²) in [5.74, 6) is -1.10. The highest BCUT2D eigenvalue weighted by atomic mass is 19.1. The summed E-state index contributed by atoms with van der Waals surface area (Å²) in [6.45, 7) is 4.23. The summed E-state index contributed by atoms with van der Waals surface area (Å²) in [5, 5.41) is 14.0. The Morgan fingerprint density at radius 2 is 1.09 bits per heavy atom. The van der Waals surface area contributed by atoms with Gasteiger partial charge in [0.25, 0.3) is 0 Å². The van der Waals surface area contributed by atoms with Gasteiger partial charge in [-0.2, -0.15) is 0 Å². The first kappa shape index (κ1) is 32.1. The third kappa shape index (κ3) is 6.85. The van der Waals surface area contributed by atoms with E-state index in [-0.39, 0.29) is 12.3 Å². The van der Waals surface area contributed by atoms with Crippen molar-refractivity contribution in [3.8, 4) is 16.9 Å². The van der Waals surface area contributed by atoms with Crippen molar-refractivity contribution in [2.45, 2.75) is 32.4 Å². The molecular weight excluding hydrogens is 574 g/mol. The van der Waals surface area contributed by atoms with E-state index in [1.54, 1.807) is 12.1 Å². The third-order valence-corrected chi connectivity index (χ3v) is 7.99. The van der Waals surface area contributed by atoms with Crippen LogP contribution in [-0.4, -0.2) is 5.11 Å². The molecule has 0 aliphatic rings. The van der Waals surface area contributed by atoms with Crippen LogP contribution in [-0.2, 0) is 18.5 Å². The van der Waals surface area contributed by atoms with Crippen LogP contribution in [0.1, 0.15) is 47.2 Å². The van der Waals surface area contributed by atoms with Gasteiger partial charge >= 0.3 is 0 Å². The molecule has 6 aromatic carbocycles. The van der Waals surface area contributed by atoms with Crippen molar-refractivity contribution in [2.24, 2.45) is 5.73 Å². The first-order valence-corrected chi connectivity index (χ1v) is 15.5. The van der Waals surface area contributed by atoms with Crippen molar-refractivity contribution in [1.29, 1.82) is 0 Å². The maximum Gasteiger partial charge on any atom is 0.126 e. The Labute approximate surface area is 270 Å². The van der Waals surface area contributed by atoms with E-state index in [9.17, 15) is 13.9 Å². The maximum absolute atomic E-state index is 14.2. The van der Waals surface area contributed by atoms with Crippen molar-refractivity contribution in [2.75, 3.05) is 5.32 Å².